The molecule has 0 unspecified atom stereocenters. The predicted molar refractivity (Wildman–Crippen MR) is 72.9 cm³/mol. The summed E-state index contributed by atoms with van der Waals surface area (Å²) in [5.41, 5.74) is 7.02. The van der Waals surface area contributed by atoms with Crippen LogP contribution in [-0.4, -0.2) is 22.9 Å². The topological polar surface area (TPSA) is 46.3 Å². The van der Waals surface area contributed by atoms with Crippen molar-refractivity contribution in [3.63, 3.8) is 0 Å². The molecule has 18 heavy (non-hydrogen) atoms. The van der Waals surface area contributed by atoms with E-state index in [2.05, 4.69) is 19.1 Å². The highest BCUT2D eigenvalue weighted by atomic mass is 16.2. The van der Waals surface area contributed by atoms with Gasteiger partial charge in [0.05, 0.1) is 12.0 Å². The van der Waals surface area contributed by atoms with E-state index in [0.717, 1.165) is 6.42 Å². The van der Waals surface area contributed by atoms with Crippen LogP contribution in [0.2, 0.25) is 0 Å². The summed E-state index contributed by atoms with van der Waals surface area (Å²) < 4.78 is 0. The molecule has 1 amide bonds. The Kier molecular flexibility index (Phi) is 3.44. The molecule has 1 aliphatic heterocycles. The van der Waals surface area contributed by atoms with Crippen molar-refractivity contribution in [1.82, 2.24) is 4.90 Å². The Hall–Kier alpha value is -1.35. The van der Waals surface area contributed by atoms with Gasteiger partial charge in [-0.2, -0.15) is 0 Å². The molecule has 0 saturated carbocycles. The van der Waals surface area contributed by atoms with Crippen LogP contribution in [0.5, 0.6) is 0 Å². The Morgan fingerprint density at radius 2 is 2.06 bits per heavy atom. The molecule has 1 heterocycles. The fourth-order valence-electron chi connectivity index (χ4n) is 2.92. The van der Waals surface area contributed by atoms with Gasteiger partial charge in [-0.05, 0) is 25.8 Å². The van der Waals surface area contributed by atoms with Gasteiger partial charge >= 0.3 is 0 Å². The molecule has 98 valence electrons. The first-order valence-electron chi connectivity index (χ1n) is 6.61. The summed E-state index contributed by atoms with van der Waals surface area (Å²) >= 11 is 0. The Bertz CT molecular complexity index is 427. The van der Waals surface area contributed by atoms with Crippen LogP contribution in [0.25, 0.3) is 0 Å². The number of benzene rings is 1. The quantitative estimate of drug-likeness (QED) is 0.889. The van der Waals surface area contributed by atoms with E-state index < -0.39 is 5.54 Å². The SMILES string of the molecule is CC[C@H]1C(=O)N([C@H](C)c2ccccc2)C[C@]1(C)N. The fourth-order valence-corrected chi connectivity index (χ4v) is 2.92. The fraction of sp³-hybridized carbons (Fsp3) is 0.533. The van der Waals surface area contributed by atoms with Gasteiger partial charge in [-0.25, -0.2) is 0 Å². The number of nitrogens with two attached hydrogens (primary N) is 1. The molecule has 3 heteroatoms. The zero-order valence-electron chi connectivity index (χ0n) is 11.4. The van der Waals surface area contributed by atoms with Gasteiger partial charge in [0.25, 0.3) is 0 Å². The molecular weight excluding hydrogens is 224 g/mol. The number of likely N-dealkylation sites (tertiary alicyclic amines) is 1. The average molecular weight is 246 g/mol. The number of hydrogen-bond acceptors (Lipinski definition) is 2. The van der Waals surface area contributed by atoms with Crippen LogP contribution in [0, 0.1) is 5.92 Å². The monoisotopic (exact) mass is 246 g/mol. The third kappa shape index (κ3) is 2.15. The van der Waals surface area contributed by atoms with E-state index in [0.29, 0.717) is 6.54 Å². The largest absolute Gasteiger partial charge is 0.334 e. The molecular formula is C15H22N2O. The summed E-state index contributed by atoms with van der Waals surface area (Å²) in [5.74, 6) is 0.141. The smallest absolute Gasteiger partial charge is 0.228 e. The molecule has 1 aromatic carbocycles. The van der Waals surface area contributed by atoms with E-state index in [1.807, 2.05) is 36.9 Å². The molecule has 1 aromatic rings. The van der Waals surface area contributed by atoms with Crippen molar-refractivity contribution in [1.29, 1.82) is 0 Å². The molecule has 2 rings (SSSR count). The summed E-state index contributed by atoms with van der Waals surface area (Å²) in [7, 11) is 0. The molecule has 0 spiro atoms. The molecule has 2 N–H and O–H groups in total. The Labute approximate surface area is 109 Å². The molecule has 0 radical (unpaired) electrons. The second kappa shape index (κ2) is 4.73. The summed E-state index contributed by atoms with van der Waals surface area (Å²) in [4.78, 5) is 14.3. The number of amides is 1. The van der Waals surface area contributed by atoms with Crippen molar-refractivity contribution >= 4 is 5.91 Å². The summed E-state index contributed by atoms with van der Waals surface area (Å²) in [5, 5.41) is 0. The second-order valence-electron chi connectivity index (χ2n) is 5.52. The van der Waals surface area contributed by atoms with E-state index in [-0.39, 0.29) is 17.9 Å². The van der Waals surface area contributed by atoms with Crippen LogP contribution < -0.4 is 5.73 Å². The van der Waals surface area contributed by atoms with Crippen molar-refractivity contribution < 1.29 is 4.79 Å². The summed E-state index contributed by atoms with van der Waals surface area (Å²) in [6.45, 7) is 6.73. The van der Waals surface area contributed by atoms with Crippen LogP contribution in [0.1, 0.15) is 38.8 Å². The summed E-state index contributed by atoms with van der Waals surface area (Å²) in [6.07, 6.45) is 0.809. The van der Waals surface area contributed by atoms with Crippen LogP contribution >= 0.6 is 0 Å². The van der Waals surface area contributed by atoms with Gasteiger partial charge in [0, 0.05) is 12.1 Å². The van der Waals surface area contributed by atoms with Crippen molar-refractivity contribution in [2.75, 3.05) is 6.54 Å². The van der Waals surface area contributed by atoms with Crippen molar-refractivity contribution in [2.45, 2.75) is 38.8 Å². The minimum absolute atomic E-state index is 0.0522. The Morgan fingerprint density at radius 3 is 2.56 bits per heavy atom. The van der Waals surface area contributed by atoms with Gasteiger partial charge in [-0.1, -0.05) is 37.3 Å². The van der Waals surface area contributed by atoms with Gasteiger partial charge < -0.3 is 10.6 Å². The zero-order valence-corrected chi connectivity index (χ0v) is 11.4. The van der Waals surface area contributed by atoms with Gasteiger partial charge in [0.1, 0.15) is 0 Å². The normalized spacial score (nSPS) is 29.7. The molecule has 1 aliphatic rings. The van der Waals surface area contributed by atoms with Crippen LogP contribution in [0.4, 0.5) is 0 Å². The van der Waals surface area contributed by atoms with Crippen LogP contribution in [0.15, 0.2) is 30.3 Å². The molecule has 0 bridgehead atoms. The van der Waals surface area contributed by atoms with E-state index in [9.17, 15) is 4.79 Å². The second-order valence-corrected chi connectivity index (χ2v) is 5.52. The average Bonchev–Trinajstić information content (AvgIpc) is 2.59. The number of rotatable bonds is 3. The highest BCUT2D eigenvalue weighted by Gasteiger charge is 2.46. The standard InChI is InChI=1S/C15H22N2O/c1-4-13-14(18)17(10-15(13,3)16)11(2)12-8-6-5-7-9-12/h5-9,11,13H,4,10,16H2,1-3H3/t11-,13+,15+/m1/s1. The minimum atomic E-state index is -0.408. The lowest BCUT2D eigenvalue weighted by Gasteiger charge is -2.26. The van der Waals surface area contributed by atoms with E-state index in [1.165, 1.54) is 5.56 Å². The van der Waals surface area contributed by atoms with E-state index in [4.69, 9.17) is 5.73 Å². The van der Waals surface area contributed by atoms with Gasteiger partial charge in [-0.3, -0.25) is 4.79 Å². The molecule has 1 saturated heterocycles. The van der Waals surface area contributed by atoms with Gasteiger partial charge in [0.15, 0.2) is 0 Å². The summed E-state index contributed by atoms with van der Waals surface area (Å²) in [6, 6.07) is 10.2. The number of carbonyl (C=O) groups is 1. The molecule has 3 atom stereocenters. The van der Waals surface area contributed by atoms with E-state index in [1.54, 1.807) is 0 Å². The first-order chi connectivity index (χ1) is 8.47. The molecule has 0 aliphatic carbocycles. The first-order valence-corrected chi connectivity index (χ1v) is 6.61. The lowest BCUT2D eigenvalue weighted by Crippen LogP contribution is -2.44. The lowest BCUT2D eigenvalue weighted by molar-refractivity contribution is -0.133. The third-order valence-corrected chi connectivity index (χ3v) is 4.05. The minimum Gasteiger partial charge on any atom is -0.334 e. The van der Waals surface area contributed by atoms with Crippen molar-refractivity contribution in [3.8, 4) is 0 Å². The Balaban J connectivity index is 2.23. The lowest BCUT2D eigenvalue weighted by atomic mass is 9.88. The zero-order chi connectivity index (χ0) is 13.3. The predicted octanol–water partition coefficient (Wildman–Crippen LogP) is 2.33. The highest BCUT2D eigenvalue weighted by molar-refractivity contribution is 5.83. The number of hydrogen-bond donors (Lipinski definition) is 1. The van der Waals surface area contributed by atoms with Gasteiger partial charge in [-0.15, -0.1) is 0 Å². The van der Waals surface area contributed by atoms with Crippen LogP contribution in [0.3, 0.4) is 0 Å². The molecule has 1 fully saturated rings. The maximum absolute atomic E-state index is 12.4. The highest BCUT2D eigenvalue weighted by Crippen LogP contribution is 2.34. The Morgan fingerprint density at radius 1 is 1.44 bits per heavy atom. The molecule has 3 nitrogen and oxygen atoms in total. The maximum atomic E-state index is 12.4. The third-order valence-electron chi connectivity index (χ3n) is 4.05. The number of carbonyl (C=O) groups excluding carboxylic acids is 1. The molecule has 0 aromatic heterocycles. The van der Waals surface area contributed by atoms with Crippen molar-refractivity contribution in [2.24, 2.45) is 11.7 Å². The van der Waals surface area contributed by atoms with E-state index >= 15 is 0 Å². The first kappa shape index (κ1) is 13.1. The van der Waals surface area contributed by atoms with Crippen LogP contribution in [-0.2, 0) is 4.79 Å². The maximum Gasteiger partial charge on any atom is 0.228 e. The number of nitrogens with zero attached hydrogens (tertiary/aromatic N) is 1. The van der Waals surface area contributed by atoms with Gasteiger partial charge in [0.2, 0.25) is 5.91 Å². The van der Waals surface area contributed by atoms with Crippen molar-refractivity contribution in [3.05, 3.63) is 35.9 Å².